The summed E-state index contributed by atoms with van der Waals surface area (Å²) < 4.78 is 16.6. The highest BCUT2D eigenvalue weighted by molar-refractivity contribution is 5.96. The van der Waals surface area contributed by atoms with Crippen molar-refractivity contribution in [3.8, 4) is 11.3 Å². The molecule has 0 saturated carbocycles. The summed E-state index contributed by atoms with van der Waals surface area (Å²) in [5.41, 5.74) is 2.84. The van der Waals surface area contributed by atoms with E-state index in [1.807, 2.05) is 23.1 Å². The van der Waals surface area contributed by atoms with Crippen molar-refractivity contribution in [3.05, 3.63) is 53.8 Å². The molecular formula is C21H20N2O4. The van der Waals surface area contributed by atoms with Crippen LogP contribution >= 0.6 is 0 Å². The van der Waals surface area contributed by atoms with E-state index in [1.165, 1.54) is 0 Å². The summed E-state index contributed by atoms with van der Waals surface area (Å²) in [6.07, 6.45) is 0.146. The Balaban J connectivity index is 1.48. The fourth-order valence-electron chi connectivity index (χ4n) is 3.87. The highest BCUT2D eigenvalue weighted by Gasteiger charge is 2.33. The van der Waals surface area contributed by atoms with Gasteiger partial charge in [-0.25, -0.2) is 0 Å². The zero-order chi connectivity index (χ0) is 18.2. The molecule has 0 unspecified atom stereocenters. The van der Waals surface area contributed by atoms with Gasteiger partial charge in [0, 0.05) is 24.1 Å². The molecule has 27 heavy (non-hydrogen) atoms. The Morgan fingerprint density at radius 1 is 1.11 bits per heavy atom. The molecule has 0 N–H and O–H groups in total. The lowest BCUT2D eigenvalue weighted by molar-refractivity contribution is -0.158. The van der Waals surface area contributed by atoms with Crippen LogP contribution in [0, 0.1) is 0 Å². The Hall–Kier alpha value is -2.70. The summed E-state index contributed by atoms with van der Waals surface area (Å²) in [6, 6.07) is 14.4. The van der Waals surface area contributed by atoms with Crippen LogP contribution in [-0.2, 0) is 27.2 Å². The monoisotopic (exact) mass is 364 g/mol. The molecule has 2 aliphatic rings. The van der Waals surface area contributed by atoms with Gasteiger partial charge in [0.05, 0.1) is 26.4 Å². The van der Waals surface area contributed by atoms with Crippen LogP contribution in [0.5, 0.6) is 0 Å². The molecule has 0 spiro atoms. The van der Waals surface area contributed by atoms with Crippen LogP contribution in [0.3, 0.4) is 0 Å². The first kappa shape index (κ1) is 16.5. The first-order valence-corrected chi connectivity index (χ1v) is 9.25. The molecule has 0 aliphatic carbocycles. The van der Waals surface area contributed by atoms with E-state index < -0.39 is 6.10 Å². The highest BCUT2D eigenvalue weighted by Crippen LogP contribution is 2.34. The second-order valence-corrected chi connectivity index (χ2v) is 6.90. The summed E-state index contributed by atoms with van der Waals surface area (Å²) in [5.74, 6) is 0.841. The second-order valence-electron chi connectivity index (χ2n) is 6.90. The zero-order valence-electron chi connectivity index (χ0n) is 14.9. The van der Waals surface area contributed by atoms with E-state index in [-0.39, 0.29) is 5.91 Å². The van der Waals surface area contributed by atoms with Gasteiger partial charge in [-0.15, -0.1) is 0 Å². The number of fused-ring (bicyclic) bond motifs is 2. The van der Waals surface area contributed by atoms with Crippen molar-refractivity contribution in [2.45, 2.75) is 19.1 Å². The topological polar surface area (TPSA) is 64.8 Å². The molecule has 3 aromatic rings. The van der Waals surface area contributed by atoms with Crippen LogP contribution < -0.4 is 0 Å². The lowest BCUT2D eigenvalue weighted by atomic mass is 9.97. The molecule has 1 amide bonds. The fourth-order valence-corrected chi connectivity index (χ4v) is 3.87. The number of hydrogen-bond donors (Lipinski definition) is 0. The molecule has 3 heterocycles. The van der Waals surface area contributed by atoms with Crippen molar-refractivity contribution >= 4 is 16.7 Å². The third kappa shape index (κ3) is 2.91. The average molecular weight is 364 g/mol. The summed E-state index contributed by atoms with van der Waals surface area (Å²) >= 11 is 0. The van der Waals surface area contributed by atoms with E-state index in [9.17, 15) is 4.79 Å². The minimum Gasteiger partial charge on any atom is -0.376 e. The molecule has 138 valence electrons. The van der Waals surface area contributed by atoms with Crippen molar-refractivity contribution < 1.29 is 18.8 Å². The lowest BCUT2D eigenvalue weighted by Gasteiger charge is -2.31. The molecule has 1 aromatic heterocycles. The zero-order valence-corrected chi connectivity index (χ0v) is 14.9. The second kappa shape index (κ2) is 6.79. The Morgan fingerprint density at radius 2 is 2.00 bits per heavy atom. The van der Waals surface area contributed by atoms with Crippen LogP contribution in [-0.4, -0.2) is 48.4 Å². The van der Waals surface area contributed by atoms with Crippen LogP contribution in [0.2, 0.25) is 0 Å². The minimum absolute atomic E-state index is 0.0228. The van der Waals surface area contributed by atoms with Crippen molar-refractivity contribution in [2.24, 2.45) is 0 Å². The van der Waals surface area contributed by atoms with Crippen molar-refractivity contribution in [2.75, 3.05) is 26.4 Å². The standard InChI is InChI=1S/C21H20N2O4/c24-21(19-13-25-10-11-26-19)23-9-8-18-17(12-23)20(22-27-18)16-7-3-5-14-4-1-2-6-15(14)16/h1-7,19H,8-13H2/t19-/m0/s1. The van der Waals surface area contributed by atoms with Gasteiger partial charge in [-0.3, -0.25) is 4.79 Å². The maximum absolute atomic E-state index is 12.8. The number of rotatable bonds is 2. The predicted octanol–water partition coefficient (Wildman–Crippen LogP) is 2.79. The molecule has 2 aliphatic heterocycles. The molecule has 0 radical (unpaired) electrons. The van der Waals surface area contributed by atoms with Gasteiger partial charge in [-0.05, 0) is 10.8 Å². The van der Waals surface area contributed by atoms with Gasteiger partial charge in [0.1, 0.15) is 11.5 Å². The summed E-state index contributed by atoms with van der Waals surface area (Å²) in [7, 11) is 0. The van der Waals surface area contributed by atoms with Crippen molar-refractivity contribution in [3.63, 3.8) is 0 Å². The summed E-state index contributed by atoms with van der Waals surface area (Å²) in [4.78, 5) is 14.6. The van der Waals surface area contributed by atoms with Crippen LogP contribution in [0.25, 0.3) is 22.0 Å². The molecular weight excluding hydrogens is 344 g/mol. The number of amides is 1. The molecule has 2 aromatic carbocycles. The normalized spacial score (nSPS) is 19.9. The third-order valence-electron chi connectivity index (χ3n) is 5.28. The molecule has 6 nitrogen and oxygen atoms in total. The maximum Gasteiger partial charge on any atom is 0.254 e. The molecule has 5 rings (SSSR count). The Bertz CT molecular complexity index is 986. The maximum atomic E-state index is 12.8. The number of aromatic nitrogens is 1. The van der Waals surface area contributed by atoms with Gasteiger partial charge in [0.2, 0.25) is 0 Å². The van der Waals surface area contributed by atoms with Gasteiger partial charge in [0.25, 0.3) is 5.91 Å². The molecule has 0 bridgehead atoms. The molecule has 1 atom stereocenters. The van der Waals surface area contributed by atoms with Gasteiger partial charge in [0.15, 0.2) is 6.10 Å². The number of hydrogen-bond acceptors (Lipinski definition) is 5. The molecule has 6 heteroatoms. The quantitative estimate of drug-likeness (QED) is 0.700. The smallest absolute Gasteiger partial charge is 0.254 e. The Morgan fingerprint density at radius 3 is 2.89 bits per heavy atom. The third-order valence-corrected chi connectivity index (χ3v) is 5.28. The van der Waals surface area contributed by atoms with E-state index in [1.54, 1.807) is 0 Å². The average Bonchev–Trinajstić information content (AvgIpc) is 3.16. The van der Waals surface area contributed by atoms with Gasteiger partial charge < -0.3 is 18.9 Å². The largest absolute Gasteiger partial charge is 0.376 e. The van der Waals surface area contributed by atoms with Crippen molar-refractivity contribution in [1.82, 2.24) is 10.1 Å². The summed E-state index contributed by atoms with van der Waals surface area (Å²) in [6.45, 7) is 2.42. The first-order valence-electron chi connectivity index (χ1n) is 9.25. The molecule has 1 saturated heterocycles. The first-order chi connectivity index (χ1) is 13.3. The van der Waals surface area contributed by atoms with Crippen LogP contribution in [0.1, 0.15) is 11.3 Å². The minimum atomic E-state index is -0.513. The number of carbonyl (C=O) groups excluding carboxylic acids is 1. The summed E-state index contributed by atoms with van der Waals surface area (Å²) in [5, 5.41) is 6.64. The number of ether oxygens (including phenoxy) is 2. The molecule has 1 fully saturated rings. The Kier molecular flexibility index (Phi) is 4.14. The van der Waals surface area contributed by atoms with E-state index >= 15 is 0 Å². The fraction of sp³-hybridized carbons (Fsp3) is 0.333. The van der Waals surface area contributed by atoms with Crippen LogP contribution in [0.15, 0.2) is 47.0 Å². The van der Waals surface area contributed by atoms with E-state index in [0.717, 1.165) is 33.4 Å². The van der Waals surface area contributed by atoms with Gasteiger partial charge in [-0.2, -0.15) is 0 Å². The van der Waals surface area contributed by atoms with E-state index in [0.29, 0.717) is 39.3 Å². The number of benzene rings is 2. The van der Waals surface area contributed by atoms with Crippen molar-refractivity contribution in [1.29, 1.82) is 0 Å². The van der Waals surface area contributed by atoms with E-state index in [4.69, 9.17) is 14.0 Å². The number of carbonyl (C=O) groups is 1. The predicted molar refractivity (Wildman–Crippen MR) is 99.1 cm³/mol. The van der Waals surface area contributed by atoms with Gasteiger partial charge >= 0.3 is 0 Å². The number of nitrogens with zero attached hydrogens (tertiary/aromatic N) is 2. The Labute approximate surface area is 156 Å². The van der Waals surface area contributed by atoms with E-state index in [2.05, 4.69) is 29.4 Å². The van der Waals surface area contributed by atoms with Crippen LogP contribution in [0.4, 0.5) is 0 Å². The SMILES string of the molecule is O=C([C@@H]1COCCO1)N1CCc2onc(-c3cccc4ccccc34)c2C1. The lowest BCUT2D eigenvalue weighted by Crippen LogP contribution is -2.46. The van der Waals surface area contributed by atoms with Gasteiger partial charge in [-0.1, -0.05) is 47.6 Å². The highest BCUT2D eigenvalue weighted by atomic mass is 16.6.